The molecule has 0 amide bonds. The molecule has 3 heteroatoms. The summed E-state index contributed by atoms with van der Waals surface area (Å²) >= 11 is 1.31. The minimum Gasteiger partial charge on any atom is -0.492 e. The van der Waals surface area contributed by atoms with Gasteiger partial charge in [0, 0.05) is 10.9 Å². The van der Waals surface area contributed by atoms with Gasteiger partial charge in [0.2, 0.25) is 5.88 Å². The van der Waals surface area contributed by atoms with Gasteiger partial charge in [-0.2, -0.15) is 4.37 Å². The predicted molar refractivity (Wildman–Crippen MR) is 42.3 cm³/mol. The Labute approximate surface area is 64.7 Å². The summed E-state index contributed by atoms with van der Waals surface area (Å²) in [7, 11) is 0. The zero-order valence-electron chi connectivity index (χ0n) is 6.16. The van der Waals surface area contributed by atoms with Crippen molar-refractivity contribution in [2.24, 2.45) is 5.92 Å². The van der Waals surface area contributed by atoms with Crippen LogP contribution < -0.4 is 0 Å². The van der Waals surface area contributed by atoms with Crippen molar-refractivity contribution in [3.8, 4) is 5.88 Å². The smallest absolute Gasteiger partial charge is 0.225 e. The topological polar surface area (TPSA) is 33.1 Å². The molecule has 0 aliphatic heterocycles. The molecule has 10 heavy (non-hydrogen) atoms. The molecule has 0 spiro atoms. The highest BCUT2D eigenvalue weighted by Gasteiger charge is 2.04. The van der Waals surface area contributed by atoms with E-state index in [9.17, 15) is 0 Å². The van der Waals surface area contributed by atoms with E-state index in [0.717, 1.165) is 12.0 Å². The largest absolute Gasteiger partial charge is 0.492 e. The summed E-state index contributed by atoms with van der Waals surface area (Å²) in [6.45, 7) is 4.24. The molecule has 0 aromatic carbocycles. The molecule has 1 aromatic heterocycles. The molecule has 0 radical (unpaired) electrons. The van der Waals surface area contributed by atoms with Crippen LogP contribution in [0.1, 0.15) is 19.4 Å². The molecule has 0 bridgehead atoms. The average Bonchev–Trinajstić information content (AvgIpc) is 2.15. The third kappa shape index (κ3) is 1.70. The molecule has 1 N–H and O–H groups in total. The average molecular weight is 157 g/mol. The second-order valence-corrected chi connectivity index (χ2v) is 3.39. The first-order valence-electron chi connectivity index (χ1n) is 3.32. The second-order valence-electron chi connectivity index (χ2n) is 2.76. The van der Waals surface area contributed by atoms with Crippen molar-refractivity contribution >= 4 is 11.5 Å². The number of hydrogen-bond acceptors (Lipinski definition) is 3. The highest BCUT2D eigenvalue weighted by molar-refractivity contribution is 7.03. The van der Waals surface area contributed by atoms with Crippen molar-refractivity contribution in [2.45, 2.75) is 20.3 Å². The molecule has 0 saturated heterocycles. The van der Waals surface area contributed by atoms with Gasteiger partial charge in [0.1, 0.15) is 0 Å². The van der Waals surface area contributed by atoms with Gasteiger partial charge in [0.25, 0.3) is 0 Å². The van der Waals surface area contributed by atoms with Gasteiger partial charge in [-0.15, -0.1) is 0 Å². The second kappa shape index (κ2) is 3.01. The van der Waals surface area contributed by atoms with Gasteiger partial charge in [-0.05, 0) is 23.9 Å². The molecule has 0 unspecified atom stereocenters. The van der Waals surface area contributed by atoms with Crippen LogP contribution in [0.2, 0.25) is 0 Å². The maximum Gasteiger partial charge on any atom is 0.225 e. The predicted octanol–water partition coefficient (Wildman–Crippen LogP) is 2.05. The summed E-state index contributed by atoms with van der Waals surface area (Å²) in [5, 5.41) is 11.0. The molecule has 2 nitrogen and oxygen atoms in total. The van der Waals surface area contributed by atoms with Crippen molar-refractivity contribution in [3.05, 3.63) is 10.9 Å². The zero-order chi connectivity index (χ0) is 7.56. The highest BCUT2D eigenvalue weighted by atomic mass is 32.1. The summed E-state index contributed by atoms with van der Waals surface area (Å²) in [6.07, 6.45) is 0.919. The lowest BCUT2D eigenvalue weighted by Crippen LogP contribution is -1.91. The molecule has 56 valence electrons. The van der Waals surface area contributed by atoms with E-state index in [2.05, 4.69) is 18.2 Å². The zero-order valence-corrected chi connectivity index (χ0v) is 6.98. The van der Waals surface area contributed by atoms with Crippen LogP contribution in [-0.4, -0.2) is 9.48 Å². The lowest BCUT2D eigenvalue weighted by Gasteiger charge is -1.99. The number of rotatable bonds is 2. The van der Waals surface area contributed by atoms with Crippen LogP contribution in [0.4, 0.5) is 0 Å². The SMILES string of the molecule is CC(C)Cc1csnc1O. The van der Waals surface area contributed by atoms with Crippen LogP contribution in [-0.2, 0) is 6.42 Å². The maximum atomic E-state index is 9.10. The number of aromatic nitrogens is 1. The van der Waals surface area contributed by atoms with Gasteiger partial charge in [0.15, 0.2) is 0 Å². The lowest BCUT2D eigenvalue weighted by molar-refractivity contribution is 0.448. The normalized spacial score (nSPS) is 10.7. The minimum atomic E-state index is 0.207. The van der Waals surface area contributed by atoms with E-state index in [-0.39, 0.29) is 5.88 Å². The third-order valence-electron chi connectivity index (χ3n) is 1.25. The summed E-state index contributed by atoms with van der Waals surface area (Å²) in [5.74, 6) is 0.793. The molecule has 0 saturated carbocycles. The molecule has 1 aromatic rings. The first-order chi connectivity index (χ1) is 4.70. The first kappa shape index (κ1) is 7.54. The summed E-state index contributed by atoms with van der Waals surface area (Å²) in [6, 6.07) is 0. The van der Waals surface area contributed by atoms with Crippen molar-refractivity contribution in [1.82, 2.24) is 4.37 Å². The summed E-state index contributed by atoms with van der Waals surface area (Å²) in [4.78, 5) is 0. The standard InChI is InChI=1S/C7H11NOS/c1-5(2)3-6-4-10-8-7(6)9/h4-5H,3H2,1-2H3,(H,8,9). The number of nitrogens with zero attached hydrogens (tertiary/aromatic N) is 1. The Morgan fingerprint density at radius 3 is 2.80 bits per heavy atom. The molecule has 0 atom stereocenters. The molecular formula is C7H11NOS. The van der Waals surface area contributed by atoms with Gasteiger partial charge in [0.05, 0.1) is 0 Å². The Morgan fingerprint density at radius 2 is 2.40 bits per heavy atom. The van der Waals surface area contributed by atoms with Crippen LogP contribution in [0, 0.1) is 5.92 Å². The fraction of sp³-hybridized carbons (Fsp3) is 0.571. The monoisotopic (exact) mass is 157 g/mol. The first-order valence-corrected chi connectivity index (χ1v) is 4.16. The van der Waals surface area contributed by atoms with Crippen molar-refractivity contribution in [2.75, 3.05) is 0 Å². The van der Waals surface area contributed by atoms with E-state index in [1.54, 1.807) is 0 Å². The van der Waals surface area contributed by atoms with Crippen LogP contribution >= 0.6 is 11.5 Å². The Balaban J connectivity index is 2.65. The van der Waals surface area contributed by atoms with Gasteiger partial charge in [-0.3, -0.25) is 0 Å². The molecule has 0 aliphatic carbocycles. The van der Waals surface area contributed by atoms with E-state index >= 15 is 0 Å². The van der Waals surface area contributed by atoms with Gasteiger partial charge in [-0.25, -0.2) is 0 Å². The van der Waals surface area contributed by atoms with Gasteiger partial charge >= 0.3 is 0 Å². The number of hydrogen-bond donors (Lipinski definition) is 1. The molecule has 0 fully saturated rings. The van der Waals surface area contributed by atoms with Crippen molar-refractivity contribution in [3.63, 3.8) is 0 Å². The van der Waals surface area contributed by atoms with Gasteiger partial charge in [-0.1, -0.05) is 13.8 Å². The Kier molecular flexibility index (Phi) is 2.27. The summed E-state index contributed by atoms with van der Waals surface area (Å²) in [5.41, 5.74) is 0.972. The maximum absolute atomic E-state index is 9.10. The van der Waals surface area contributed by atoms with Crippen LogP contribution in [0.25, 0.3) is 0 Å². The lowest BCUT2D eigenvalue weighted by atomic mass is 10.1. The van der Waals surface area contributed by atoms with E-state index < -0.39 is 0 Å². The molecule has 1 heterocycles. The third-order valence-corrected chi connectivity index (χ3v) is 1.92. The van der Waals surface area contributed by atoms with E-state index in [0.29, 0.717) is 5.92 Å². The fourth-order valence-corrected chi connectivity index (χ4v) is 1.43. The van der Waals surface area contributed by atoms with Crippen LogP contribution in [0.5, 0.6) is 5.88 Å². The molecular weight excluding hydrogens is 146 g/mol. The Morgan fingerprint density at radius 1 is 1.70 bits per heavy atom. The number of aromatic hydroxyl groups is 1. The van der Waals surface area contributed by atoms with E-state index in [1.807, 2.05) is 5.38 Å². The Bertz CT molecular complexity index is 207. The van der Waals surface area contributed by atoms with Crippen molar-refractivity contribution in [1.29, 1.82) is 0 Å². The minimum absolute atomic E-state index is 0.207. The van der Waals surface area contributed by atoms with E-state index in [4.69, 9.17) is 5.11 Å². The quantitative estimate of drug-likeness (QED) is 0.712. The Hall–Kier alpha value is -0.570. The van der Waals surface area contributed by atoms with Gasteiger partial charge < -0.3 is 5.11 Å². The summed E-state index contributed by atoms with van der Waals surface area (Å²) < 4.78 is 3.77. The molecule has 1 rings (SSSR count). The highest BCUT2D eigenvalue weighted by Crippen LogP contribution is 2.19. The molecule has 0 aliphatic rings. The van der Waals surface area contributed by atoms with Crippen molar-refractivity contribution < 1.29 is 5.11 Å². The van der Waals surface area contributed by atoms with Crippen LogP contribution in [0.3, 0.4) is 0 Å². The van der Waals surface area contributed by atoms with Crippen LogP contribution in [0.15, 0.2) is 5.38 Å². The fourth-order valence-electron chi connectivity index (χ4n) is 0.830. The van der Waals surface area contributed by atoms with E-state index in [1.165, 1.54) is 11.5 Å².